The van der Waals surface area contributed by atoms with Crippen LogP contribution in [0.1, 0.15) is 16.8 Å². The van der Waals surface area contributed by atoms with Crippen LogP contribution < -0.4 is 5.56 Å². The molecule has 2 heterocycles. The van der Waals surface area contributed by atoms with Gasteiger partial charge in [0.2, 0.25) is 5.78 Å². The number of hydrogen-bond acceptors (Lipinski definition) is 4. The number of nitrogens with zero attached hydrogens (tertiary/aromatic N) is 3. The van der Waals surface area contributed by atoms with Crippen LogP contribution in [0.3, 0.4) is 0 Å². The molecule has 3 rings (SSSR count). The van der Waals surface area contributed by atoms with Crippen molar-refractivity contribution in [3.8, 4) is 0 Å². The third-order valence-corrected chi connectivity index (χ3v) is 4.01. The van der Waals surface area contributed by atoms with Crippen LogP contribution in [0.5, 0.6) is 0 Å². The summed E-state index contributed by atoms with van der Waals surface area (Å²) in [4.78, 5) is 14.1. The summed E-state index contributed by atoms with van der Waals surface area (Å²) in [5.41, 5.74) is 3.17. The summed E-state index contributed by atoms with van der Waals surface area (Å²) >= 11 is 1.61. The molecule has 0 bridgehead atoms. The van der Waals surface area contributed by atoms with Gasteiger partial charge in [0, 0.05) is 17.5 Å². The van der Waals surface area contributed by atoms with Crippen LogP contribution in [0.25, 0.3) is 5.78 Å². The zero-order valence-electron chi connectivity index (χ0n) is 11.3. The molecule has 0 saturated carbocycles. The third kappa shape index (κ3) is 2.46. The summed E-state index contributed by atoms with van der Waals surface area (Å²) in [5.74, 6) is 1.31. The molecule has 0 spiro atoms. The summed E-state index contributed by atoms with van der Waals surface area (Å²) in [6, 6.07) is 9.93. The molecular weight excluding hydrogens is 272 g/mol. The van der Waals surface area contributed by atoms with Gasteiger partial charge in [-0.3, -0.25) is 14.2 Å². The molecule has 0 saturated heterocycles. The minimum absolute atomic E-state index is 0.155. The number of thioether (sulfide) groups is 1. The molecule has 2 aromatic heterocycles. The highest BCUT2D eigenvalue weighted by molar-refractivity contribution is 7.98. The largest absolute Gasteiger partial charge is 0.291 e. The van der Waals surface area contributed by atoms with E-state index in [0.29, 0.717) is 5.78 Å². The van der Waals surface area contributed by atoms with Crippen molar-refractivity contribution in [1.82, 2.24) is 19.6 Å². The predicted octanol–water partition coefficient (Wildman–Crippen LogP) is 2.33. The standard InChI is InChI=1S/C14H14N4OS/c1-9-4-3-5-11(6-9)8-20-14-17-16-13-15-12(19)7-10(2)18(13)14/h3-7H,8H2,1-2H3,(H,15,16,19). The fourth-order valence-corrected chi connectivity index (χ4v) is 3.05. The summed E-state index contributed by atoms with van der Waals surface area (Å²) in [6.07, 6.45) is 0. The van der Waals surface area contributed by atoms with Crippen molar-refractivity contribution in [1.29, 1.82) is 0 Å². The van der Waals surface area contributed by atoms with Crippen LogP contribution in [-0.4, -0.2) is 19.6 Å². The van der Waals surface area contributed by atoms with Crippen LogP contribution >= 0.6 is 11.8 Å². The van der Waals surface area contributed by atoms with E-state index in [0.717, 1.165) is 16.6 Å². The maximum absolute atomic E-state index is 11.4. The first kappa shape index (κ1) is 12.9. The number of aromatic amines is 1. The number of rotatable bonds is 3. The minimum atomic E-state index is -0.155. The second kappa shape index (κ2) is 5.13. The lowest BCUT2D eigenvalue weighted by Gasteiger charge is -2.03. The Balaban J connectivity index is 1.90. The van der Waals surface area contributed by atoms with Crippen molar-refractivity contribution in [3.63, 3.8) is 0 Å². The number of benzene rings is 1. The number of H-pyrrole nitrogens is 1. The molecule has 0 fully saturated rings. The van der Waals surface area contributed by atoms with Crippen LogP contribution in [0, 0.1) is 13.8 Å². The highest BCUT2D eigenvalue weighted by atomic mass is 32.2. The first-order chi connectivity index (χ1) is 9.63. The van der Waals surface area contributed by atoms with Crippen LogP contribution in [0.2, 0.25) is 0 Å². The molecule has 20 heavy (non-hydrogen) atoms. The van der Waals surface area contributed by atoms with Gasteiger partial charge in [-0.15, -0.1) is 10.2 Å². The molecule has 0 amide bonds. The maximum Gasteiger partial charge on any atom is 0.252 e. The number of aromatic nitrogens is 4. The van der Waals surface area contributed by atoms with Crippen LogP contribution in [0.15, 0.2) is 40.3 Å². The first-order valence-electron chi connectivity index (χ1n) is 6.27. The van der Waals surface area contributed by atoms with E-state index in [9.17, 15) is 4.79 Å². The Morgan fingerprint density at radius 3 is 2.90 bits per heavy atom. The smallest absolute Gasteiger partial charge is 0.252 e. The van der Waals surface area contributed by atoms with Gasteiger partial charge in [-0.05, 0) is 19.4 Å². The second-order valence-electron chi connectivity index (χ2n) is 4.69. The summed E-state index contributed by atoms with van der Waals surface area (Å²) in [7, 11) is 0. The lowest BCUT2D eigenvalue weighted by atomic mass is 10.2. The zero-order valence-corrected chi connectivity index (χ0v) is 12.1. The van der Waals surface area contributed by atoms with Crippen LogP contribution in [-0.2, 0) is 5.75 Å². The van der Waals surface area contributed by atoms with E-state index >= 15 is 0 Å². The number of aryl methyl sites for hydroxylation is 2. The van der Waals surface area contributed by atoms with Crippen molar-refractivity contribution >= 4 is 17.5 Å². The van der Waals surface area contributed by atoms with E-state index in [1.807, 2.05) is 11.3 Å². The van der Waals surface area contributed by atoms with Crippen molar-refractivity contribution in [2.24, 2.45) is 0 Å². The van der Waals surface area contributed by atoms with Crippen molar-refractivity contribution < 1.29 is 0 Å². The second-order valence-corrected chi connectivity index (χ2v) is 5.64. The van der Waals surface area contributed by atoms with E-state index in [1.165, 1.54) is 11.1 Å². The summed E-state index contributed by atoms with van der Waals surface area (Å²) in [6.45, 7) is 3.96. The molecule has 0 aliphatic carbocycles. The zero-order chi connectivity index (χ0) is 14.1. The Hall–Kier alpha value is -2.08. The van der Waals surface area contributed by atoms with E-state index in [2.05, 4.69) is 46.4 Å². The van der Waals surface area contributed by atoms with E-state index in [4.69, 9.17) is 0 Å². The average Bonchev–Trinajstić information content (AvgIpc) is 2.79. The lowest BCUT2D eigenvalue weighted by molar-refractivity contribution is 0.886. The Labute approximate surface area is 120 Å². The molecule has 0 radical (unpaired) electrons. The predicted molar refractivity (Wildman–Crippen MR) is 79.1 cm³/mol. The number of fused-ring (bicyclic) bond motifs is 1. The van der Waals surface area contributed by atoms with Crippen molar-refractivity contribution in [3.05, 3.63) is 57.5 Å². The molecule has 1 aromatic carbocycles. The number of nitrogens with one attached hydrogen (secondary N) is 1. The van der Waals surface area contributed by atoms with Gasteiger partial charge in [0.25, 0.3) is 5.56 Å². The summed E-state index contributed by atoms with van der Waals surface area (Å²) < 4.78 is 1.86. The molecule has 5 nitrogen and oxygen atoms in total. The Morgan fingerprint density at radius 2 is 2.10 bits per heavy atom. The van der Waals surface area contributed by atoms with E-state index in [1.54, 1.807) is 17.8 Å². The molecule has 0 aliphatic rings. The fourth-order valence-electron chi connectivity index (χ4n) is 2.11. The summed E-state index contributed by atoms with van der Waals surface area (Å²) in [5, 5.41) is 8.93. The fraction of sp³-hybridized carbons (Fsp3) is 0.214. The topological polar surface area (TPSA) is 63.0 Å². The Bertz CT molecular complexity index is 821. The third-order valence-electron chi connectivity index (χ3n) is 3.01. The van der Waals surface area contributed by atoms with Gasteiger partial charge in [0.05, 0.1) is 0 Å². The molecule has 0 unspecified atom stereocenters. The minimum Gasteiger partial charge on any atom is -0.291 e. The quantitative estimate of drug-likeness (QED) is 0.751. The van der Waals surface area contributed by atoms with Gasteiger partial charge in [0.15, 0.2) is 5.16 Å². The van der Waals surface area contributed by atoms with Gasteiger partial charge in [-0.25, -0.2) is 0 Å². The van der Waals surface area contributed by atoms with Crippen molar-refractivity contribution in [2.75, 3.05) is 0 Å². The lowest BCUT2D eigenvalue weighted by Crippen LogP contribution is -2.09. The van der Waals surface area contributed by atoms with Gasteiger partial charge >= 0.3 is 0 Å². The van der Waals surface area contributed by atoms with Gasteiger partial charge in [0.1, 0.15) is 0 Å². The van der Waals surface area contributed by atoms with Crippen molar-refractivity contribution in [2.45, 2.75) is 24.8 Å². The van der Waals surface area contributed by atoms with Gasteiger partial charge in [-0.1, -0.05) is 41.6 Å². The molecule has 0 atom stereocenters. The normalized spacial score (nSPS) is 11.1. The SMILES string of the molecule is Cc1cccc(CSc2nnc3[nH]c(=O)cc(C)n23)c1. The van der Waals surface area contributed by atoms with Crippen LogP contribution in [0.4, 0.5) is 0 Å². The highest BCUT2D eigenvalue weighted by Gasteiger charge is 2.09. The highest BCUT2D eigenvalue weighted by Crippen LogP contribution is 2.22. The Kier molecular flexibility index (Phi) is 3.31. The maximum atomic E-state index is 11.4. The Morgan fingerprint density at radius 1 is 1.25 bits per heavy atom. The molecule has 102 valence electrons. The first-order valence-corrected chi connectivity index (χ1v) is 7.25. The molecule has 6 heteroatoms. The molecule has 3 aromatic rings. The average molecular weight is 286 g/mol. The molecular formula is C14H14N4OS. The monoisotopic (exact) mass is 286 g/mol. The van der Waals surface area contributed by atoms with E-state index < -0.39 is 0 Å². The van der Waals surface area contributed by atoms with Gasteiger partial charge < -0.3 is 0 Å². The molecule has 0 aliphatic heterocycles. The number of hydrogen-bond donors (Lipinski definition) is 1. The van der Waals surface area contributed by atoms with Gasteiger partial charge in [-0.2, -0.15) is 0 Å². The van der Waals surface area contributed by atoms with E-state index in [-0.39, 0.29) is 5.56 Å². The molecule has 1 N–H and O–H groups in total.